The summed E-state index contributed by atoms with van der Waals surface area (Å²) < 4.78 is 29.3. The van der Waals surface area contributed by atoms with Crippen LogP contribution in [-0.4, -0.2) is 47.9 Å². The molecule has 1 N–H and O–H groups in total. The van der Waals surface area contributed by atoms with Crippen molar-refractivity contribution in [2.75, 3.05) is 13.1 Å². The fourth-order valence-corrected chi connectivity index (χ4v) is 4.40. The zero-order chi connectivity index (χ0) is 18.6. The predicted molar refractivity (Wildman–Crippen MR) is 97.9 cm³/mol. The van der Waals surface area contributed by atoms with Gasteiger partial charge >= 0.3 is 0 Å². The van der Waals surface area contributed by atoms with Crippen molar-refractivity contribution < 1.29 is 13.2 Å². The highest BCUT2D eigenvalue weighted by molar-refractivity contribution is 7.89. The van der Waals surface area contributed by atoms with Crippen LogP contribution in [0.1, 0.15) is 24.8 Å². The number of hydrogen-bond acceptors (Lipinski definition) is 4. The van der Waals surface area contributed by atoms with Gasteiger partial charge in [-0.1, -0.05) is 36.8 Å². The van der Waals surface area contributed by atoms with Crippen LogP contribution in [0.4, 0.5) is 0 Å². The highest BCUT2D eigenvalue weighted by atomic mass is 32.2. The van der Waals surface area contributed by atoms with Gasteiger partial charge in [0, 0.05) is 32.4 Å². The van der Waals surface area contributed by atoms with Gasteiger partial charge in [-0.2, -0.15) is 0 Å². The van der Waals surface area contributed by atoms with E-state index in [1.807, 2.05) is 30.3 Å². The molecule has 8 heteroatoms. The lowest BCUT2D eigenvalue weighted by atomic mass is 10.1. The van der Waals surface area contributed by atoms with E-state index in [1.165, 1.54) is 12.5 Å². The summed E-state index contributed by atoms with van der Waals surface area (Å²) in [6, 6.07) is 9.30. The normalized spacial score (nSPS) is 18.5. The largest absolute Gasteiger partial charge is 0.341 e. The van der Waals surface area contributed by atoms with E-state index in [9.17, 15) is 13.2 Å². The van der Waals surface area contributed by atoms with Crippen LogP contribution >= 0.6 is 0 Å². The lowest BCUT2D eigenvalue weighted by molar-refractivity contribution is -0.130. The molecule has 0 bridgehead atoms. The number of nitrogens with zero attached hydrogens (tertiary/aromatic N) is 3. The monoisotopic (exact) mass is 376 g/mol. The zero-order valence-electron chi connectivity index (χ0n) is 14.8. The number of hydrogen-bond donors (Lipinski definition) is 1. The van der Waals surface area contributed by atoms with Gasteiger partial charge in [0.25, 0.3) is 10.0 Å². The smallest absolute Gasteiger partial charge is 0.259 e. The molecule has 3 rings (SSSR count). The van der Waals surface area contributed by atoms with Gasteiger partial charge in [-0.3, -0.25) is 4.79 Å². The quantitative estimate of drug-likeness (QED) is 0.853. The van der Waals surface area contributed by atoms with Crippen molar-refractivity contribution in [2.45, 2.75) is 36.8 Å². The molecule has 1 fully saturated rings. The van der Waals surface area contributed by atoms with E-state index in [0.717, 1.165) is 18.4 Å². The van der Waals surface area contributed by atoms with Gasteiger partial charge in [0.05, 0.1) is 12.7 Å². The Morgan fingerprint density at radius 3 is 2.73 bits per heavy atom. The van der Waals surface area contributed by atoms with E-state index in [1.54, 1.807) is 16.5 Å². The van der Waals surface area contributed by atoms with Crippen molar-refractivity contribution in [3.8, 4) is 0 Å². The average molecular weight is 376 g/mol. The second-order valence-electron chi connectivity index (χ2n) is 6.69. The number of aromatic nitrogens is 2. The predicted octanol–water partition coefficient (Wildman–Crippen LogP) is 1.32. The van der Waals surface area contributed by atoms with E-state index < -0.39 is 10.0 Å². The minimum absolute atomic E-state index is 0.00593. The van der Waals surface area contributed by atoms with Crippen molar-refractivity contribution in [1.29, 1.82) is 0 Å². The molecule has 7 nitrogen and oxygen atoms in total. The topological polar surface area (TPSA) is 84.3 Å². The molecule has 2 heterocycles. The Hall–Kier alpha value is -2.19. The molecule has 2 aromatic rings. The number of carbonyl (C=O) groups is 1. The summed E-state index contributed by atoms with van der Waals surface area (Å²) in [5.41, 5.74) is 0.965. The molecule has 1 saturated heterocycles. The number of sulfonamides is 1. The molecule has 140 valence electrons. The lowest BCUT2D eigenvalue weighted by Gasteiger charge is -2.25. The molecular weight excluding hydrogens is 352 g/mol. The summed E-state index contributed by atoms with van der Waals surface area (Å²) in [6.07, 6.45) is 5.73. The number of aryl methyl sites for hydroxylation is 1. The Balaban J connectivity index is 1.66. The molecule has 26 heavy (non-hydrogen) atoms. The van der Waals surface area contributed by atoms with Crippen LogP contribution in [0.2, 0.25) is 0 Å². The number of amides is 1. The van der Waals surface area contributed by atoms with Gasteiger partial charge in [-0.25, -0.2) is 18.1 Å². The second kappa shape index (κ2) is 8.01. The lowest BCUT2D eigenvalue weighted by Crippen LogP contribution is -2.45. The number of benzene rings is 1. The Morgan fingerprint density at radius 2 is 2.04 bits per heavy atom. The Labute approximate surface area is 154 Å². The van der Waals surface area contributed by atoms with Gasteiger partial charge in [0.1, 0.15) is 0 Å². The van der Waals surface area contributed by atoms with Gasteiger partial charge in [-0.15, -0.1) is 0 Å². The molecule has 1 aliphatic rings. The van der Waals surface area contributed by atoms with Crippen LogP contribution in [0.25, 0.3) is 0 Å². The molecule has 0 spiro atoms. The van der Waals surface area contributed by atoms with E-state index in [2.05, 4.69) is 9.71 Å². The van der Waals surface area contributed by atoms with Crippen molar-refractivity contribution >= 4 is 15.9 Å². The van der Waals surface area contributed by atoms with E-state index in [4.69, 9.17) is 0 Å². The molecule has 1 atom stereocenters. The van der Waals surface area contributed by atoms with Crippen LogP contribution in [-0.2, 0) is 28.3 Å². The van der Waals surface area contributed by atoms with E-state index >= 15 is 0 Å². The van der Waals surface area contributed by atoms with Crippen molar-refractivity contribution in [1.82, 2.24) is 19.2 Å². The minimum Gasteiger partial charge on any atom is -0.341 e. The first-order valence-corrected chi connectivity index (χ1v) is 10.2. The Kier molecular flexibility index (Phi) is 5.73. The first-order chi connectivity index (χ1) is 12.4. The van der Waals surface area contributed by atoms with Crippen molar-refractivity contribution in [2.24, 2.45) is 7.05 Å². The summed E-state index contributed by atoms with van der Waals surface area (Å²) in [5.74, 6) is 0.0279. The molecular formula is C18H24N4O3S. The molecule has 1 aromatic carbocycles. The molecule has 1 aliphatic heterocycles. The molecule has 0 unspecified atom stereocenters. The van der Waals surface area contributed by atoms with Crippen LogP contribution in [0, 0.1) is 0 Å². The SMILES string of the molecule is Cn1cnc(S(=O)(=O)N[C@H]2CCCCN(C(=O)Cc3ccccc3)C2)c1. The van der Waals surface area contributed by atoms with Crippen LogP contribution in [0.5, 0.6) is 0 Å². The first kappa shape index (κ1) is 18.6. The third kappa shape index (κ3) is 4.70. The summed E-state index contributed by atoms with van der Waals surface area (Å²) in [5, 5.41) is 0.00593. The van der Waals surface area contributed by atoms with Crippen LogP contribution in [0.15, 0.2) is 47.9 Å². The number of imidazole rings is 1. The number of likely N-dealkylation sites (tertiary alicyclic amines) is 1. The second-order valence-corrected chi connectivity index (χ2v) is 8.35. The maximum Gasteiger partial charge on any atom is 0.259 e. The van der Waals surface area contributed by atoms with Gasteiger partial charge in [0.15, 0.2) is 5.03 Å². The molecule has 0 saturated carbocycles. The van der Waals surface area contributed by atoms with E-state index in [0.29, 0.717) is 25.9 Å². The summed E-state index contributed by atoms with van der Waals surface area (Å²) in [6.45, 7) is 1.05. The fraction of sp³-hybridized carbons (Fsp3) is 0.444. The highest BCUT2D eigenvalue weighted by Gasteiger charge is 2.27. The summed E-state index contributed by atoms with van der Waals surface area (Å²) >= 11 is 0. The zero-order valence-corrected chi connectivity index (χ0v) is 15.7. The number of rotatable bonds is 5. The average Bonchev–Trinajstić information content (AvgIpc) is 2.92. The molecule has 0 radical (unpaired) electrons. The van der Waals surface area contributed by atoms with Crippen molar-refractivity contribution in [3.05, 3.63) is 48.4 Å². The molecule has 1 amide bonds. The van der Waals surface area contributed by atoms with Gasteiger partial charge < -0.3 is 9.47 Å². The van der Waals surface area contributed by atoms with Gasteiger partial charge in [0.2, 0.25) is 5.91 Å². The Bertz CT molecular complexity index is 848. The third-order valence-corrected chi connectivity index (χ3v) is 5.91. The van der Waals surface area contributed by atoms with Crippen LogP contribution in [0.3, 0.4) is 0 Å². The van der Waals surface area contributed by atoms with Crippen LogP contribution < -0.4 is 4.72 Å². The standard InChI is InChI=1S/C18H24N4O3S/c1-21-13-17(19-14-21)26(24,25)20-16-9-5-6-10-22(12-16)18(23)11-15-7-3-2-4-8-15/h2-4,7-8,13-14,16,20H,5-6,9-12H2,1H3/t16-/m0/s1. The van der Waals surface area contributed by atoms with Gasteiger partial charge in [-0.05, 0) is 18.4 Å². The molecule has 0 aliphatic carbocycles. The number of nitrogens with one attached hydrogen (secondary N) is 1. The number of carbonyl (C=O) groups excluding carboxylic acids is 1. The molecule has 1 aromatic heterocycles. The minimum atomic E-state index is -3.68. The Morgan fingerprint density at radius 1 is 1.27 bits per heavy atom. The third-order valence-electron chi connectivity index (χ3n) is 4.50. The maximum absolute atomic E-state index is 12.6. The summed E-state index contributed by atoms with van der Waals surface area (Å²) in [4.78, 5) is 18.3. The van der Waals surface area contributed by atoms with E-state index in [-0.39, 0.29) is 17.0 Å². The van der Waals surface area contributed by atoms with Crippen molar-refractivity contribution in [3.63, 3.8) is 0 Å². The highest BCUT2D eigenvalue weighted by Crippen LogP contribution is 2.15. The maximum atomic E-state index is 12.6. The summed E-state index contributed by atoms with van der Waals surface area (Å²) in [7, 11) is -1.96. The first-order valence-electron chi connectivity index (χ1n) is 8.76. The fourth-order valence-electron chi connectivity index (χ4n) is 3.15.